The first kappa shape index (κ1) is 32.9. The average Bonchev–Trinajstić information content (AvgIpc) is 2.98. The Bertz CT molecular complexity index is 1710. The molecule has 9 nitrogen and oxygen atoms in total. The maximum Gasteiger partial charge on any atom is 0.413 e. The van der Waals surface area contributed by atoms with Crippen LogP contribution in [0.4, 0.5) is 36.7 Å². The van der Waals surface area contributed by atoms with Crippen LogP contribution in [-0.2, 0) is 0 Å². The molecular weight excluding hydrogens is 614 g/mol. The zero-order valence-electron chi connectivity index (χ0n) is 26.4. The molecule has 2 N–H and O–H groups in total. The number of amides is 1. The van der Waals surface area contributed by atoms with E-state index >= 15 is 0 Å². The molecule has 1 aromatic heterocycles. The molecule has 1 atom stereocenters. The molecule has 1 aliphatic heterocycles. The molecule has 4 aromatic rings. The van der Waals surface area contributed by atoms with Crippen LogP contribution >= 0.6 is 11.6 Å². The van der Waals surface area contributed by atoms with Gasteiger partial charge in [-0.15, -0.1) is 0 Å². The second kappa shape index (κ2) is 13.9. The third kappa shape index (κ3) is 7.32. The predicted octanol–water partition coefficient (Wildman–Crippen LogP) is 7.73. The van der Waals surface area contributed by atoms with Crippen molar-refractivity contribution < 1.29 is 23.4 Å². The summed E-state index contributed by atoms with van der Waals surface area (Å²) in [6, 6.07) is 15.1. The number of aromatic nitrogens is 2. The molecule has 0 saturated carbocycles. The summed E-state index contributed by atoms with van der Waals surface area (Å²) in [7, 11) is 2.02. The van der Waals surface area contributed by atoms with Gasteiger partial charge in [0.1, 0.15) is 5.82 Å². The molecule has 1 unspecified atom stereocenters. The maximum absolute atomic E-state index is 13.4. The smallest absolute Gasteiger partial charge is 0.413 e. The minimum Gasteiger partial charge on any atom is -0.465 e. The van der Waals surface area contributed by atoms with Crippen LogP contribution in [0.1, 0.15) is 39.4 Å². The van der Waals surface area contributed by atoms with Gasteiger partial charge in [0.15, 0.2) is 5.75 Å². The third-order valence-electron chi connectivity index (χ3n) is 8.18. The average molecular weight is 651 g/mol. The highest BCUT2D eigenvalue weighted by Gasteiger charge is 2.33. The van der Waals surface area contributed by atoms with Crippen LogP contribution in [0.2, 0.25) is 5.02 Å². The van der Waals surface area contributed by atoms with E-state index < -0.39 is 18.7 Å². The Morgan fingerprint density at radius 2 is 1.67 bits per heavy atom. The first-order valence-corrected chi connectivity index (χ1v) is 15.3. The van der Waals surface area contributed by atoms with E-state index in [0.717, 1.165) is 40.9 Å². The van der Waals surface area contributed by atoms with E-state index in [2.05, 4.69) is 20.2 Å². The van der Waals surface area contributed by atoms with E-state index in [4.69, 9.17) is 16.3 Å². The quantitative estimate of drug-likeness (QED) is 0.190. The number of halogens is 3. The van der Waals surface area contributed by atoms with Crippen LogP contribution in [0.25, 0.3) is 0 Å². The first-order valence-electron chi connectivity index (χ1n) is 14.9. The molecule has 1 saturated heterocycles. The van der Waals surface area contributed by atoms with Crippen molar-refractivity contribution in [1.82, 2.24) is 14.9 Å². The molecule has 0 aliphatic carbocycles. The number of nitrogens with zero attached hydrogens (tertiary/aromatic N) is 5. The second-order valence-corrected chi connectivity index (χ2v) is 12.0. The van der Waals surface area contributed by atoms with Crippen molar-refractivity contribution in [3.05, 3.63) is 99.2 Å². The number of anilines is 4. The van der Waals surface area contributed by atoms with E-state index in [0.29, 0.717) is 35.1 Å². The molecule has 0 radical (unpaired) electrons. The molecule has 5 rings (SSSR count). The summed E-state index contributed by atoms with van der Waals surface area (Å²) in [5, 5.41) is 14.2. The van der Waals surface area contributed by atoms with Gasteiger partial charge in [-0.2, -0.15) is 13.8 Å². The summed E-state index contributed by atoms with van der Waals surface area (Å²) in [5.41, 5.74) is 6.27. The van der Waals surface area contributed by atoms with Gasteiger partial charge in [0, 0.05) is 49.2 Å². The van der Waals surface area contributed by atoms with Crippen molar-refractivity contribution in [1.29, 1.82) is 0 Å². The van der Waals surface area contributed by atoms with E-state index in [1.165, 1.54) is 23.2 Å². The van der Waals surface area contributed by atoms with E-state index in [9.17, 15) is 18.7 Å². The minimum absolute atomic E-state index is 0.0229. The van der Waals surface area contributed by atoms with E-state index in [-0.39, 0.29) is 17.5 Å². The van der Waals surface area contributed by atoms with Gasteiger partial charge in [0.25, 0.3) is 0 Å². The zero-order chi connectivity index (χ0) is 33.1. The van der Waals surface area contributed by atoms with Crippen molar-refractivity contribution in [3.63, 3.8) is 0 Å². The van der Waals surface area contributed by atoms with Crippen LogP contribution in [0.5, 0.6) is 5.75 Å². The zero-order valence-corrected chi connectivity index (χ0v) is 27.1. The summed E-state index contributed by atoms with van der Waals surface area (Å²) in [6.45, 7) is 7.76. The number of ether oxygens (including phenoxy) is 1. The largest absolute Gasteiger partial charge is 0.465 e. The molecule has 1 aliphatic rings. The summed E-state index contributed by atoms with van der Waals surface area (Å²) < 4.78 is 31.8. The lowest BCUT2D eigenvalue weighted by Gasteiger charge is -2.35. The lowest BCUT2D eigenvalue weighted by atomic mass is 9.87. The molecule has 2 heterocycles. The number of hydrogen-bond acceptors (Lipinski definition) is 7. The fourth-order valence-electron chi connectivity index (χ4n) is 6.06. The van der Waals surface area contributed by atoms with Gasteiger partial charge >= 0.3 is 12.7 Å². The van der Waals surface area contributed by atoms with Gasteiger partial charge in [-0.25, -0.2) is 14.7 Å². The van der Waals surface area contributed by atoms with Gasteiger partial charge in [-0.1, -0.05) is 35.4 Å². The third-order valence-corrected chi connectivity index (χ3v) is 8.41. The lowest BCUT2D eigenvalue weighted by Crippen LogP contribution is -2.44. The fraction of sp³-hybridized carbons (Fsp3) is 0.324. The van der Waals surface area contributed by atoms with Crippen LogP contribution in [0.3, 0.4) is 0 Å². The van der Waals surface area contributed by atoms with Crippen molar-refractivity contribution in [2.45, 2.75) is 40.3 Å². The molecule has 1 fully saturated rings. The molecule has 46 heavy (non-hydrogen) atoms. The Kier molecular flexibility index (Phi) is 9.93. The number of hydrogen-bond donors (Lipinski definition) is 2. The number of aryl methyl sites for hydroxylation is 4. The maximum atomic E-state index is 13.4. The Labute approximate surface area is 272 Å². The minimum atomic E-state index is -3.01. The number of nitrogens with one attached hydrogen (secondary N) is 1. The summed E-state index contributed by atoms with van der Waals surface area (Å²) >= 11 is 6.45. The molecule has 3 aromatic carbocycles. The summed E-state index contributed by atoms with van der Waals surface area (Å²) in [6.07, 6.45) is 0.226. The normalized spacial score (nSPS) is 14.3. The van der Waals surface area contributed by atoms with Crippen molar-refractivity contribution >= 4 is 40.8 Å². The summed E-state index contributed by atoms with van der Waals surface area (Å²) in [5.74, 6) is 0.222. The lowest BCUT2D eigenvalue weighted by molar-refractivity contribution is -0.0495. The number of benzene rings is 3. The van der Waals surface area contributed by atoms with Gasteiger partial charge in [0.05, 0.1) is 11.7 Å². The molecule has 242 valence electrons. The highest BCUT2D eigenvalue weighted by molar-refractivity contribution is 6.30. The Hall–Kier alpha value is -4.48. The van der Waals surface area contributed by atoms with Crippen molar-refractivity contribution in [2.24, 2.45) is 0 Å². The number of carboxylic acid groups (broad SMARTS) is 1. The number of alkyl halides is 2. The van der Waals surface area contributed by atoms with E-state index in [1.54, 1.807) is 24.3 Å². The SMILES string of the molecule is Cc1cc(C)c(C(c2cc(Cl)ccc2C)N(C(=O)O)c2ccnc(Nc3ccc(N4CCN(C)CC4)c(OC(F)F)c3)n2)c(C)c1. The summed E-state index contributed by atoms with van der Waals surface area (Å²) in [4.78, 5) is 27.4. The topological polar surface area (TPSA) is 94.1 Å². The Morgan fingerprint density at radius 1 is 0.978 bits per heavy atom. The number of piperazine rings is 1. The van der Waals surface area contributed by atoms with Gasteiger partial charge < -0.3 is 25.0 Å². The van der Waals surface area contributed by atoms with Crippen molar-refractivity contribution in [3.8, 4) is 5.75 Å². The Balaban J connectivity index is 1.55. The van der Waals surface area contributed by atoms with Crippen molar-refractivity contribution in [2.75, 3.05) is 48.3 Å². The Morgan fingerprint density at radius 3 is 2.33 bits per heavy atom. The standard InChI is InChI=1S/C34H37ClF2N6O3/c1-20-16-22(3)30(23(4)17-20)31(26-18-24(35)7-6-21(26)2)43(34(44)45)29-10-11-38-33(40-29)39-25-8-9-27(28(19-25)46-32(36)37)42-14-12-41(5)13-15-42/h6-11,16-19,31-32H,12-15H2,1-5H3,(H,44,45)(H,38,39,40). The highest BCUT2D eigenvalue weighted by atomic mass is 35.5. The monoisotopic (exact) mass is 650 g/mol. The first-order chi connectivity index (χ1) is 21.9. The number of rotatable bonds is 9. The fourth-order valence-corrected chi connectivity index (χ4v) is 6.24. The van der Waals surface area contributed by atoms with Crippen LogP contribution in [0, 0.1) is 27.7 Å². The number of likely N-dealkylation sites (N-methyl/N-ethyl adjacent to an activating group) is 1. The molecule has 1 amide bonds. The van der Waals surface area contributed by atoms with Gasteiger partial charge in [-0.3, -0.25) is 0 Å². The van der Waals surface area contributed by atoms with Gasteiger partial charge in [0.2, 0.25) is 5.95 Å². The number of carbonyl (C=O) groups is 1. The molecular formula is C34H37ClF2N6O3. The molecule has 12 heteroatoms. The molecule has 0 spiro atoms. The van der Waals surface area contributed by atoms with Crippen LogP contribution in [0.15, 0.2) is 60.8 Å². The van der Waals surface area contributed by atoms with Crippen LogP contribution < -0.4 is 19.9 Å². The van der Waals surface area contributed by atoms with Crippen LogP contribution in [-0.4, -0.2) is 65.9 Å². The highest BCUT2D eigenvalue weighted by Crippen LogP contribution is 2.39. The van der Waals surface area contributed by atoms with E-state index in [1.807, 2.05) is 57.8 Å². The molecule has 0 bridgehead atoms. The second-order valence-electron chi connectivity index (χ2n) is 11.6. The van der Waals surface area contributed by atoms with Gasteiger partial charge in [-0.05, 0) is 92.9 Å². The predicted molar refractivity (Wildman–Crippen MR) is 177 cm³/mol.